The lowest BCUT2D eigenvalue weighted by Crippen LogP contribution is -2.56. The van der Waals surface area contributed by atoms with Gasteiger partial charge in [-0.15, -0.1) is 0 Å². The highest BCUT2D eigenvalue weighted by molar-refractivity contribution is 6.12. The van der Waals surface area contributed by atoms with Gasteiger partial charge in [0.25, 0.3) is 0 Å². The number of carbonyl (C=O) groups excluding carboxylic acids is 2. The van der Waals surface area contributed by atoms with E-state index in [9.17, 15) is 24.3 Å². The second kappa shape index (κ2) is 8.42. The smallest absolute Gasteiger partial charge is 0.352 e. The number of hydrogen-bond acceptors (Lipinski definition) is 6. The zero-order chi connectivity index (χ0) is 27.9. The quantitative estimate of drug-likeness (QED) is 0.503. The lowest BCUT2D eigenvalue weighted by Gasteiger charge is -2.52. The van der Waals surface area contributed by atoms with Crippen LogP contribution in [-0.2, 0) is 22.6 Å². The van der Waals surface area contributed by atoms with Gasteiger partial charge in [-0.25, -0.2) is 23.5 Å². The number of nitrogens with zero attached hydrogens (tertiary/aromatic N) is 3. The first-order valence-corrected chi connectivity index (χ1v) is 13.3. The summed E-state index contributed by atoms with van der Waals surface area (Å²) in [5.41, 5.74) is 1.18. The van der Waals surface area contributed by atoms with Crippen molar-refractivity contribution in [2.24, 2.45) is 17.3 Å². The van der Waals surface area contributed by atoms with Crippen molar-refractivity contribution in [3.8, 4) is 17.2 Å². The molecule has 1 aromatic heterocycles. The standard InChI is InChI=1S/C31H27N3O6/c1-17-12-26(36)31(2)23(28(17)37)15-24-22(27(31)19-13-18-14-21(35)8-9-25(18)40-16-19)10-11-32-29(38)33(30(39)34(24)32)20-6-4-3-5-7-20/h3-10,12,14,16,23-24,27,35H,11,13,15H2,1-2H3/t23-,24+,27-,31-/m0/s1. The Balaban J connectivity index is 1.42. The second-order valence-electron chi connectivity index (χ2n) is 11.2. The molecule has 2 aliphatic carbocycles. The molecule has 7 rings (SSSR count). The number of ether oxygens (including phenoxy) is 1. The molecule has 2 aliphatic heterocycles. The molecule has 0 amide bonds. The SMILES string of the molecule is CC1=CC(=O)[C@@]2(C)[C@@H](C3=COc4ccc(O)cc4C3)C3=CCn4c(=O)n(-c5ccccc5)c(=O)n4[C@@H]3C[C@H]2C1=O. The van der Waals surface area contributed by atoms with Crippen LogP contribution in [0.4, 0.5) is 0 Å². The number of phenols is 1. The van der Waals surface area contributed by atoms with Gasteiger partial charge in [-0.2, -0.15) is 0 Å². The van der Waals surface area contributed by atoms with E-state index in [1.165, 1.54) is 15.4 Å². The summed E-state index contributed by atoms with van der Waals surface area (Å²) in [6.45, 7) is 3.64. The van der Waals surface area contributed by atoms with Crippen LogP contribution in [0.25, 0.3) is 5.69 Å². The molecule has 0 spiro atoms. The summed E-state index contributed by atoms with van der Waals surface area (Å²) in [6.07, 6.45) is 5.62. The van der Waals surface area contributed by atoms with Crippen molar-refractivity contribution >= 4 is 11.6 Å². The van der Waals surface area contributed by atoms with Gasteiger partial charge in [0.1, 0.15) is 11.5 Å². The third kappa shape index (κ3) is 3.20. The Kier molecular flexibility index (Phi) is 5.13. The average molecular weight is 538 g/mol. The molecular weight excluding hydrogens is 510 g/mol. The fourth-order valence-corrected chi connectivity index (χ4v) is 7.17. The predicted molar refractivity (Wildman–Crippen MR) is 145 cm³/mol. The van der Waals surface area contributed by atoms with E-state index >= 15 is 0 Å². The largest absolute Gasteiger partial charge is 0.508 e. The number of phenolic OH excluding ortho intramolecular Hbond substituents is 1. The number of para-hydroxylation sites is 1. The number of fused-ring (bicyclic) bond motifs is 5. The highest BCUT2D eigenvalue weighted by atomic mass is 16.5. The number of aromatic hydroxyl groups is 1. The Bertz CT molecular complexity index is 1840. The first-order valence-electron chi connectivity index (χ1n) is 13.3. The molecule has 9 heteroatoms. The van der Waals surface area contributed by atoms with Crippen LogP contribution in [-0.4, -0.2) is 30.6 Å². The molecular formula is C31H27N3O6. The van der Waals surface area contributed by atoms with Crippen LogP contribution >= 0.6 is 0 Å². The molecule has 1 fully saturated rings. The topological polar surface area (TPSA) is 113 Å². The summed E-state index contributed by atoms with van der Waals surface area (Å²) in [4.78, 5) is 54.8. The molecule has 202 valence electrons. The Morgan fingerprint density at radius 3 is 2.58 bits per heavy atom. The van der Waals surface area contributed by atoms with Crippen molar-refractivity contribution in [1.82, 2.24) is 13.9 Å². The van der Waals surface area contributed by atoms with Gasteiger partial charge in [-0.05, 0) is 66.5 Å². The van der Waals surface area contributed by atoms with E-state index < -0.39 is 34.7 Å². The van der Waals surface area contributed by atoms with Crippen molar-refractivity contribution in [2.75, 3.05) is 0 Å². The van der Waals surface area contributed by atoms with E-state index in [1.54, 1.807) is 55.7 Å². The molecule has 1 N–H and O–H groups in total. The number of allylic oxidation sites excluding steroid dienone is 5. The molecule has 0 bridgehead atoms. The molecule has 3 aromatic rings. The summed E-state index contributed by atoms with van der Waals surface area (Å²) in [5.74, 6) is -0.803. The van der Waals surface area contributed by atoms with Gasteiger partial charge in [0.15, 0.2) is 11.6 Å². The van der Waals surface area contributed by atoms with Crippen LogP contribution in [0.15, 0.2) is 93.3 Å². The summed E-state index contributed by atoms with van der Waals surface area (Å²) in [7, 11) is 0. The number of aromatic nitrogens is 3. The highest BCUT2D eigenvalue weighted by Gasteiger charge is 2.60. The Labute approximate surface area is 228 Å². The van der Waals surface area contributed by atoms with Crippen molar-refractivity contribution in [3.63, 3.8) is 0 Å². The monoisotopic (exact) mass is 537 g/mol. The van der Waals surface area contributed by atoms with E-state index in [0.717, 1.165) is 21.3 Å². The Morgan fingerprint density at radius 2 is 1.80 bits per heavy atom. The number of benzene rings is 2. The zero-order valence-electron chi connectivity index (χ0n) is 22.0. The minimum atomic E-state index is -1.10. The Morgan fingerprint density at radius 1 is 1.02 bits per heavy atom. The molecule has 3 heterocycles. The predicted octanol–water partition coefficient (Wildman–Crippen LogP) is 3.25. The molecule has 9 nitrogen and oxygen atoms in total. The van der Waals surface area contributed by atoms with Gasteiger partial charge in [-0.1, -0.05) is 31.2 Å². The van der Waals surface area contributed by atoms with Gasteiger partial charge in [0, 0.05) is 23.8 Å². The van der Waals surface area contributed by atoms with E-state index in [0.29, 0.717) is 23.4 Å². The van der Waals surface area contributed by atoms with Gasteiger partial charge in [0.2, 0.25) is 0 Å². The molecule has 4 aliphatic rings. The highest BCUT2D eigenvalue weighted by Crippen LogP contribution is 2.58. The number of ketones is 2. The van der Waals surface area contributed by atoms with E-state index in [-0.39, 0.29) is 30.3 Å². The van der Waals surface area contributed by atoms with Crippen LogP contribution in [0, 0.1) is 17.3 Å². The number of Topliss-reactive ketones (excluding diaryl/α,β-unsaturated/α-hetero) is 1. The summed E-state index contributed by atoms with van der Waals surface area (Å²) >= 11 is 0. The lowest BCUT2D eigenvalue weighted by molar-refractivity contribution is -0.141. The maximum Gasteiger partial charge on any atom is 0.352 e. The fraction of sp³-hybridized carbons (Fsp3) is 0.290. The maximum absolute atomic E-state index is 13.9. The van der Waals surface area contributed by atoms with Crippen LogP contribution in [0.5, 0.6) is 11.5 Å². The van der Waals surface area contributed by atoms with Crippen LogP contribution in [0.3, 0.4) is 0 Å². The normalized spacial score (nSPS) is 26.9. The van der Waals surface area contributed by atoms with Crippen LogP contribution in [0.2, 0.25) is 0 Å². The summed E-state index contributed by atoms with van der Waals surface area (Å²) in [5, 5.41) is 10.1. The maximum atomic E-state index is 13.9. The fourth-order valence-electron chi connectivity index (χ4n) is 7.17. The minimum Gasteiger partial charge on any atom is -0.508 e. The van der Waals surface area contributed by atoms with Crippen LogP contribution in [0.1, 0.15) is 31.9 Å². The van der Waals surface area contributed by atoms with Gasteiger partial charge in [0.05, 0.1) is 30.0 Å². The third-order valence-electron chi connectivity index (χ3n) is 9.10. The summed E-state index contributed by atoms with van der Waals surface area (Å²) < 4.78 is 10.0. The zero-order valence-corrected chi connectivity index (χ0v) is 22.0. The van der Waals surface area contributed by atoms with Crippen LogP contribution < -0.4 is 16.1 Å². The first kappa shape index (κ1) is 24.4. The molecule has 2 aromatic carbocycles. The molecule has 4 atom stereocenters. The summed E-state index contributed by atoms with van der Waals surface area (Å²) in [6, 6.07) is 13.0. The van der Waals surface area contributed by atoms with Crippen molar-refractivity contribution in [3.05, 3.63) is 110 Å². The van der Waals surface area contributed by atoms with Crippen molar-refractivity contribution < 1.29 is 19.4 Å². The molecule has 1 saturated carbocycles. The van der Waals surface area contributed by atoms with E-state index in [4.69, 9.17) is 4.74 Å². The van der Waals surface area contributed by atoms with Gasteiger partial charge >= 0.3 is 11.4 Å². The van der Waals surface area contributed by atoms with Gasteiger partial charge < -0.3 is 9.84 Å². The van der Waals surface area contributed by atoms with Crippen molar-refractivity contribution in [1.29, 1.82) is 0 Å². The molecule has 0 unspecified atom stereocenters. The second-order valence-corrected chi connectivity index (χ2v) is 11.2. The number of hydrogen-bond donors (Lipinski definition) is 1. The van der Waals surface area contributed by atoms with E-state index in [1.807, 2.05) is 19.1 Å². The molecule has 0 saturated heterocycles. The van der Waals surface area contributed by atoms with Gasteiger partial charge in [-0.3, -0.25) is 9.59 Å². The number of carbonyl (C=O) groups is 2. The average Bonchev–Trinajstić information content (AvgIpc) is 3.20. The van der Waals surface area contributed by atoms with Crippen molar-refractivity contribution in [2.45, 2.75) is 39.3 Å². The number of rotatable bonds is 2. The third-order valence-corrected chi connectivity index (χ3v) is 9.10. The lowest BCUT2D eigenvalue weighted by atomic mass is 9.50. The Hall–Kier alpha value is -4.66. The molecule has 40 heavy (non-hydrogen) atoms. The minimum absolute atomic E-state index is 0.103. The first-order chi connectivity index (χ1) is 19.2. The molecule has 0 radical (unpaired) electrons. The van der Waals surface area contributed by atoms with E-state index in [2.05, 4.69) is 0 Å².